The van der Waals surface area contributed by atoms with Gasteiger partial charge in [-0.15, -0.1) is 0 Å². The fraction of sp³-hybridized carbons (Fsp3) is 0.273. The van der Waals surface area contributed by atoms with Crippen molar-refractivity contribution in [3.8, 4) is 6.07 Å². The molecule has 1 aromatic rings. The number of halogens is 2. The highest BCUT2D eigenvalue weighted by Crippen LogP contribution is 2.27. The molecule has 0 N–H and O–H groups in total. The van der Waals surface area contributed by atoms with Crippen LogP contribution in [0.1, 0.15) is 11.1 Å². The zero-order valence-electron chi connectivity index (χ0n) is 9.25. The molecule has 0 amide bonds. The molecule has 0 aliphatic rings. The van der Waals surface area contributed by atoms with E-state index in [4.69, 9.17) is 5.26 Å². The SMILES string of the molecule is Cc1cc(F)c(N=CN(C)C)c(C#N)c1F. The van der Waals surface area contributed by atoms with Gasteiger partial charge in [0.25, 0.3) is 0 Å². The second kappa shape index (κ2) is 4.71. The van der Waals surface area contributed by atoms with Gasteiger partial charge >= 0.3 is 0 Å². The molecule has 0 radical (unpaired) electrons. The Morgan fingerprint density at radius 2 is 2.06 bits per heavy atom. The van der Waals surface area contributed by atoms with Crippen LogP contribution in [0.4, 0.5) is 14.5 Å². The highest BCUT2D eigenvalue weighted by Gasteiger charge is 2.15. The standard InChI is InChI=1S/C11H11F2N3/c1-7-4-9(12)11(15-6-16(2)3)8(5-14)10(7)13/h4,6H,1-3H3. The Hall–Kier alpha value is -1.96. The smallest absolute Gasteiger partial charge is 0.150 e. The van der Waals surface area contributed by atoms with Crippen LogP contribution in [0.5, 0.6) is 0 Å². The molecule has 16 heavy (non-hydrogen) atoms. The zero-order valence-corrected chi connectivity index (χ0v) is 9.25. The minimum absolute atomic E-state index is 0.0952. The molecular weight excluding hydrogens is 212 g/mol. The van der Waals surface area contributed by atoms with Crippen molar-refractivity contribution in [1.29, 1.82) is 5.26 Å². The van der Waals surface area contributed by atoms with Crippen LogP contribution in [-0.2, 0) is 0 Å². The predicted molar refractivity (Wildman–Crippen MR) is 57.6 cm³/mol. The Morgan fingerprint density at radius 3 is 2.56 bits per heavy atom. The molecule has 0 bridgehead atoms. The molecule has 0 spiro atoms. The van der Waals surface area contributed by atoms with Gasteiger partial charge in [-0.25, -0.2) is 13.8 Å². The van der Waals surface area contributed by atoms with Gasteiger partial charge in [-0.2, -0.15) is 5.26 Å². The molecule has 84 valence electrons. The summed E-state index contributed by atoms with van der Waals surface area (Å²) in [6, 6.07) is 2.65. The minimum Gasteiger partial charge on any atom is -0.369 e. The average Bonchev–Trinajstić information content (AvgIpc) is 2.21. The van der Waals surface area contributed by atoms with E-state index in [-0.39, 0.29) is 16.8 Å². The number of nitrogens with zero attached hydrogens (tertiary/aromatic N) is 3. The molecule has 5 heteroatoms. The normalized spacial score (nSPS) is 10.5. The third-order valence-corrected chi connectivity index (χ3v) is 1.90. The number of nitriles is 1. The fourth-order valence-electron chi connectivity index (χ4n) is 1.14. The van der Waals surface area contributed by atoms with Crippen molar-refractivity contribution in [3.63, 3.8) is 0 Å². The van der Waals surface area contributed by atoms with Gasteiger partial charge in [0.2, 0.25) is 0 Å². The summed E-state index contributed by atoms with van der Waals surface area (Å²) in [5, 5.41) is 8.77. The molecule has 0 fully saturated rings. The third kappa shape index (κ3) is 2.34. The van der Waals surface area contributed by atoms with E-state index < -0.39 is 11.6 Å². The lowest BCUT2D eigenvalue weighted by Gasteiger charge is -2.06. The molecule has 3 nitrogen and oxygen atoms in total. The first-order valence-corrected chi connectivity index (χ1v) is 4.56. The van der Waals surface area contributed by atoms with Gasteiger partial charge in [-0.05, 0) is 18.6 Å². The lowest BCUT2D eigenvalue weighted by atomic mass is 10.1. The summed E-state index contributed by atoms with van der Waals surface area (Å²) in [5.74, 6) is -1.43. The lowest BCUT2D eigenvalue weighted by molar-refractivity contribution is 0.589. The van der Waals surface area contributed by atoms with Crippen molar-refractivity contribution >= 4 is 12.0 Å². The van der Waals surface area contributed by atoms with Crippen molar-refractivity contribution in [3.05, 3.63) is 28.8 Å². The Kier molecular flexibility index (Phi) is 3.56. The van der Waals surface area contributed by atoms with Crippen molar-refractivity contribution in [2.75, 3.05) is 14.1 Å². The molecular formula is C11H11F2N3. The first-order valence-electron chi connectivity index (χ1n) is 4.56. The second-order valence-corrected chi connectivity index (χ2v) is 3.53. The van der Waals surface area contributed by atoms with Crippen LogP contribution in [0.15, 0.2) is 11.1 Å². The maximum atomic E-state index is 13.5. The monoisotopic (exact) mass is 223 g/mol. The van der Waals surface area contributed by atoms with Crippen LogP contribution >= 0.6 is 0 Å². The van der Waals surface area contributed by atoms with Gasteiger partial charge in [-0.1, -0.05) is 0 Å². The van der Waals surface area contributed by atoms with Gasteiger partial charge in [0, 0.05) is 14.1 Å². The molecule has 0 saturated heterocycles. The van der Waals surface area contributed by atoms with E-state index in [0.717, 1.165) is 6.07 Å². The summed E-state index contributed by atoms with van der Waals surface area (Å²) in [4.78, 5) is 5.31. The Morgan fingerprint density at radius 1 is 1.44 bits per heavy atom. The first-order chi connectivity index (χ1) is 7.47. The quantitative estimate of drug-likeness (QED) is 0.570. The van der Waals surface area contributed by atoms with E-state index in [1.165, 1.54) is 13.3 Å². The summed E-state index contributed by atoms with van der Waals surface area (Å²) >= 11 is 0. The van der Waals surface area contributed by atoms with Gasteiger partial charge < -0.3 is 4.90 Å². The van der Waals surface area contributed by atoms with E-state index in [1.807, 2.05) is 0 Å². The average molecular weight is 223 g/mol. The number of hydrogen-bond donors (Lipinski definition) is 0. The summed E-state index contributed by atoms with van der Waals surface area (Å²) in [6.45, 7) is 1.40. The molecule has 0 saturated carbocycles. The van der Waals surface area contributed by atoms with E-state index in [2.05, 4.69) is 4.99 Å². The summed E-state index contributed by atoms with van der Waals surface area (Å²) in [6.07, 6.45) is 1.31. The molecule has 0 aliphatic carbocycles. The van der Waals surface area contributed by atoms with Gasteiger partial charge in [0.15, 0.2) is 5.82 Å². The van der Waals surface area contributed by atoms with E-state index >= 15 is 0 Å². The topological polar surface area (TPSA) is 39.4 Å². The molecule has 1 rings (SSSR count). The van der Waals surface area contributed by atoms with Crippen molar-refractivity contribution in [1.82, 2.24) is 4.90 Å². The van der Waals surface area contributed by atoms with Crippen LogP contribution in [0.3, 0.4) is 0 Å². The largest absolute Gasteiger partial charge is 0.369 e. The number of benzene rings is 1. The summed E-state index contributed by atoms with van der Waals surface area (Å²) in [7, 11) is 3.38. The maximum absolute atomic E-state index is 13.5. The van der Waals surface area contributed by atoms with E-state index in [0.29, 0.717) is 0 Å². The van der Waals surface area contributed by atoms with E-state index in [1.54, 1.807) is 25.1 Å². The van der Waals surface area contributed by atoms with Crippen molar-refractivity contribution in [2.45, 2.75) is 6.92 Å². The van der Waals surface area contributed by atoms with Crippen molar-refractivity contribution in [2.24, 2.45) is 4.99 Å². The highest BCUT2D eigenvalue weighted by atomic mass is 19.1. The molecule has 0 atom stereocenters. The van der Waals surface area contributed by atoms with Gasteiger partial charge in [0.05, 0.1) is 6.34 Å². The molecule has 0 unspecified atom stereocenters. The van der Waals surface area contributed by atoms with Crippen LogP contribution in [0, 0.1) is 29.9 Å². The third-order valence-electron chi connectivity index (χ3n) is 1.90. The minimum atomic E-state index is -0.727. The predicted octanol–water partition coefficient (Wildman–Crippen LogP) is 2.37. The molecule has 0 heterocycles. The van der Waals surface area contributed by atoms with Crippen molar-refractivity contribution < 1.29 is 8.78 Å². The van der Waals surface area contributed by atoms with Crippen LogP contribution in [0.25, 0.3) is 0 Å². The zero-order chi connectivity index (χ0) is 12.3. The first kappa shape index (κ1) is 12.1. The summed E-state index contributed by atoms with van der Waals surface area (Å²) < 4.78 is 27.0. The Labute approximate surface area is 92.6 Å². The molecule has 1 aromatic carbocycles. The van der Waals surface area contributed by atoms with Crippen LogP contribution in [0.2, 0.25) is 0 Å². The highest BCUT2D eigenvalue weighted by molar-refractivity contribution is 5.66. The van der Waals surface area contributed by atoms with Crippen LogP contribution < -0.4 is 0 Å². The molecule has 0 aliphatic heterocycles. The second-order valence-electron chi connectivity index (χ2n) is 3.53. The van der Waals surface area contributed by atoms with Gasteiger partial charge in [0.1, 0.15) is 23.1 Å². The fourth-order valence-corrected chi connectivity index (χ4v) is 1.14. The van der Waals surface area contributed by atoms with Crippen LogP contribution in [-0.4, -0.2) is 25.3 Å². The van der Waals surface area contributed by atoms with E-state index in [9.17, 15) is 8.78 Å². The number of rotatable bonds is 2. The number of hydrogen-bond acceptors (Lipinski definition) is 2. The number of aliphatic imine (C=N–C) groups is 1. The Bertz CT molecular complexity index is 473. The Balaban J connectivity index is 3.39. The maximum Gasteiger partial charge on any atom is 0.150 e. The molecule has 0 aromatic heterocycles. The van der Waals surface area contributed by atoms with Gasteiger partial charge in [-0.3, -0.25) is 0 Å². The summed E-state index contributed by atoms with van der Waals surface area (Å²) in [5.41, 5.74) is -0.534. The number of aryl methyl sites for hydroxylation is 1. The lowest BCUT2D eigenvalue weighted by Crippen LogP contribution is -2.07.